The number of hydrogen-bond acceptors (Lipinski definition) is 7. The number of alkyl halides is 4. The van der Waals surface area contributed by atoms with Crippen LogP contribution in [0.5, 0.6) is 23.0 Å². The molecule has 1 heterocycles. The highest BCUT2D eigenvalue weighted by molar-refractivity contribution is 6.23. The van der Waals surface area contributed by atoms with E-state index in [1.54, 1.807) is 33.5 Å². The van der Waals surface area contributed by atoms with Crippen LogP contribution in [-0.2, 0) is 16.2 Å². The van der Waals surface area contributed by atoms with Crippen molar-refractivity contribution in [1.82, 2.24) is 4.57 Å². The highest BCUT2D eigenvalue weighted by Gasteiger charge is 2.42. The molecule has 0 aliphatic rings. The fraction of sp³-hybridized carbons (Fsp3) is 0.333. The zero-order chi connectivity index (χ0) is 40.9. The van der Waals surface area contributed by atoms with Gasteiger partial charge < -0.3 is 28.4 Å². The standard InChI is InChI=1S/C45H46F4N2O6/c1-7-9-14-28(8-2)25-51-37-20-19-29(42(50-57-27(3)52)33-17-12-13-18-38(33)56-26-45(48,49)44(46)47)21-34(37)36-24-35(31-15-10-11-16-32(31)43(36)51)41-39(54-5)22-30(53-4)23-40(41)55-6/h10-13,15-24,28,44H,7-9,14,25-26H2,1-6H3/b50-42-. The van der Waals surface area contributed by atoms with Crippen LogP contribution in [-0.4, -0.2) is 56.5 Å². The number of carbonyl (C=O) groups is 1. The molecular formula is C45H46F4N2O6. The van der Waals surface area contributed by atoms with Crippen molar-refractivity contribution in [3.63, 3.8) is 0 Å². The molecule has 5 aromatic carbocycles. The second-order valence-corrected chi connectivity index (χ2v) is 13.9. The number of fused-ring (bicyclic) bond motifs is 5. The summed E-state index contributed by atoms with van der Waals surface area (Å²) in [6.45, 7) is 4.76. The van der Waals surface area contributed by atoms with E-state index < -0.39 is 24.9 Å². The average molecular weight is 787 g/mol. The van der Waals surface area contributed by atoms with Gasteiger partial charge in [0.1, 0.15) is 28.7 Å². The normalized spacial score (nSPS) is 12.7. The lowest BCUT2D eigenvalue weighted by Gasteiger charge is -2.20. The summed E-state index contributed by atoms with van der Waals surface area (Å²) in [6.07, 6.45) is 0.300. The molecule has 0 N–H and O–H groups in total. The van der Waals surface area contributed by atoms with Gasteiger partial charge in [0.2, 0.25) is 0 Å². The number of halogens is 4. The molecule has 8 nitrogen and oxygen atoms in total. The van der Waals surface area contributed by atoms with Crippen molar-refractivity contribution in [2.24, 2.45) is 11.1 Å². The molecule has 0 fully saturated rings. The molecule has 0 aliphatic carbocycles. The predicted octanol–water partition coefficient (Wildman–Crippen LogP) is 11.5. The fourth-order valence-corrected chi connectivity index (χ4v) is 7.35. The van der Waals surface area contributed by atoms with Crippen LogP contribution in [0.25, 0.3) is 43.7 Å². The van der Waals surface area contributed by atoms with Gasteiger partial charge in [0.05, 0.1) is 32.4 Å². The summed E-state index contributed by atoms with van der Waals surface area (Å²) in [7, 11) is 4.77. The number of ether oxygens (including phenoxy) is 4. The Labute approximate surface area is 328 Å². The topological polar surface area (TPSA) is 80.5 Å². The average Bonchev–Trinajstić information content (AvgIpc) is 3.53. The quantitative estimate of drug-likeness (QED) is 0.0396. The van der Waals surface area contributed by atoms with Crippen molar-refractivity contribution in [2.75, 3.05) is 27.9 Å². The van der Waals surface area contributed by atoms with Crippen molar-refractivity contribution in [2.45, 2.75) is 65.3 Å². The first-order valence-corrected chi connectivity index (χ1v) is 18.9. The van der Waals surface area contributed by atoms with E-state index in [0.717, 1.165) is 75.9 Å². The third-order valence-electron chi connectivity index (χ3n) is 10.3. The lowest BCUT2D eigenvalue weighted by molar-refractivity contribution is -0.148. The Morgan fingerprint density at radius 3 is 2.12 bits per heavy atom. The molecule has 0 bridgehead atoms. The molecule has 1 atom stereocenters. The second-order valence-electron chi connectivity index (χ2n) is 13.9. The number of aromatic nitrogens is 1. The monoisotopic (exact) mass is 786 g/mol. The van der Waals surface area contributed by atoms with Gasteiger partial charge in [0, 0.05) is 58.4 Å². The highest BCUT2D eigenvalue weighted by Crippen LogP contribution is 2.48. The maximum Gasteiger partial charge on any atom is 0.340 e. The fourth-order valence-electron chi connectivity index (χ4n) is 7.35. The largest absolute Gasteiger partial charge is 0.496 e. The minimum absolute atomic E-state index is 0.0813. The zero-order valence-electron chi connectivity index (χ0n) is 32.8. The van der Waals surface area contributed by atoms with Gasteiger partial charge in [-0.05, 0) is 53.6 Å². The van der Waals surface area contributed by atoms with Gasteiger partial charge in [-0.15, -0.1) is 0 Å². The Morgan fingerprint density at radius 2 is 1.49 bits per heavy atom. The molecule has 6 rings (SSSR count). The van der Waals surface area contributed by atoms with Gasteiger partial charge in [0.25, 0.3) is 0 Å². The molecule has 0 radical (unpaired) electrons. The van der Waals surface area contributed by atoms with E-state index in [1.807, 2.05) is 42.5 Å². The third-order valence-corrected chi connectivity index (χ3v) is 10.3. The van der Waals surface area contributed by atoms with Crippen LogP contribution < -0.4 is 18.9 Å². The van der Waals surface area contributed by atoms with Gasteiger partial charge in [-0.1, -0.05) is 80.7 Å². The van der Waals surface area contributed by atoms with E-state index in [1.165, 1.54) is 19.1 Å². The Bertz CT molecular complexity index is 2400. The number of rotatable bonds is 17. The third kappa shape index (κ3) is 8.36. The summed E-state index contributed by atoms with van der Waals surface area (Å²) in [6, 6.07) is 25.7. The number of benzene rings is 5. The van der Waals surface area contributed by atoms with Gasteiger partial charge in [-0.3, -0.25) is 0 Å². The van der Waals surface area contributed by atoms with E-state index in [-0.39, 0.29) is 17.0 Å². The Balaban J connectivity index is 1.67. The van der Waals surface area contributed by atoms with E-state index >= 15 is 0 Å². The van der Waals surface area contributed by atoms with E-state index in [0.29, 0.717) is 28.7 Å². The lowest BCUT2D eigenvalue weighted by atomic mass is 9.93. The van der Waals surface area contributed by atoms with Crippen LogP contribution in [0.15, 0.2) is 90.1 Å². The minimum Gasteiger partial charge on any atom is -0.496 e. The maximum absolute atomic E-state index is 14.1. The Morgan fingerprint density at radius 1 is 0.807 bits per heavy atom. The summed E-state index contributed by atoms with van der Waals surface area (Å²) < 4.78 is 79.4. The molecule has 0 spiro atoms. The molecule has 6 aromatic rings. The number of unbranched alkanes of at least 4 members (excludes halogenated alkanes) is 1. The van der Waals surface area contributed by atoms with Crippen LogP contribution in [0.3, 0.4) is 0 Å². The molecule has 57 heavy (non-hydrogen) atoms. The molecule has 0 saturated carbocycles. The maximum atomic E-state index is 14.1. The van der Waals surface area contributed by atoms with Gasteiger partial charge in [-0.2, -0.15) is 8.78 Å². The molecule has 12 heteroatoms. The molecule has 300 valence electrons. The van der Waals surface area contributed by atoms with Crippen LogP contribution >= 0.6 is 0 Å². The number of oxime groups is 1. The van der Waals surface area contributed by atoms with Gasteiger partial charge in [-0.25, -0.2) is 13.6 Å². The number of carbonyl (C=O) groups excluding carboxylic acids is 1. The van der Waals surface area contributed by atoms with Crippen molar-refractivity contribution < 1.29 is 46.1 Å². The van der Waals surface area contributed by atoms with Crippen molar-refractivity contribution >= 4 is 44.3 Å². The van der Waals surface area contributed by atoms with Gasteiger partial charge >= 0.3 is 18.3 Å². The minimum atomic E-state index is -4.40. The smallest absolute Gasteiger partial charge is 0.340 e. The molecule has 0 saturated heterocycles. The van der Waals surface area contributed by atoms with E-state index in [9.17, 15) is 22.4 Å². The first-order valence-electron chi connectivity index (χ1n) is 18.9. The predicted molar refractivity (Wildman–Crippen MR) is 216 cm³/mol. The summed E-state index contributed by atoms with van der Waals surface area (Å²) in [5, 5.41) is 7.88. The number of methoxy groups -OCH3 is 3. The Hall–Kier alpha value is -5.78. The van der Waals surface area contributed by atoms with Crippen LogP contribution in [0.4, 0.5) is 17.6 Å². The van der Waals surface area contributed by atoms with Crippen LogP contribution in [0.1, 0.15) is 57.6 Å². The molecule has 1 aromatic heterocycles. The van der Waals surface area contributed by atoms with Crippen LogP contribution in [0.2, 0.25) is 0 Å². The summed E-state index contributed by atoms with van der Waals surface area (Å²) in [5.74, 6) is -3.20. The van der Waals surface area contributed by atoms with E-state index in [4.69, 9.17) is 23.8 Å². The molecule has 0 amide bonds. The number of para-hydroxylation sites is 1. The number of hydrogen-bond donors (Lipinski definition) is 0. The highest BCUT2D eigenvalue weighted by atomic mass is 19.3. The molecule has 0 aliphatic heterocycles. The van der Waals surface area contributed by atoms with E-state index in [2.05, 4.69) is 41.8 Å². The summed E-state index contributed by atoms with van der Waals surface area (Å²) >= 11 is 0. The first kappa shape index (κ1) is 40.9. The molecular weight excluding hydrogens is 740 g/mol. The second kappa shape index (κ2) is 17.6. The van der Waals surface area contributed by atoms with Gasteiger partial charge in [0.15, 0.2) is 6.61 Å². The Kier molecular flexibility index (Phi) is 12.6. The first-order chi connectivity index (χ1) is 27.5. The number of nitrogens with zero attached hydrogens (tertiary/aromatic N) is 2. The summed E-state index contributed by atoms with van der Waals surface area (Å²) in [5.41, 5.74) is 4.24. The molecule has 1 unspecified atom stereocenters. The SMILES string of the molecule is CCCCC(CC)Cn1c2ccc(/C(=N/OC(C)=O)c3ccccc3OCC(F)(F)C(F)F)cc2c2cc(-c3c(OC)cc(OC)cc3OC)c3ccccc3c21. The lowest BCUT2D eigenvalue weighted by Crippen LogP contribution is -2.34. The van der Waals surface area contributed by atoms with Crippen molar-refractivity contribution in [1.29, 1.82) is 0 Å². The zero-order valence-corrected chi connectivity index (χ0v) is 32.8. The summed E-state index contributed by atoms with van der Waals surface area (Å²) in [4.78, 5) is 17.2. The van der Waals surface area contributed by atoms with Crippen LogP contribution in [0, 0.1) is 5.92 Å². The van der Waals surface area contributed by atoms with Crippen molar-refractivity contribution in [3.05, 3.63) is 96.1 Å². The van der Waals surface area contributed by atoms with Crippen molar-refractivity contribution in [3.8, 4) is 34.1 Å².